The van der Waals surface area contributed by atoms with Crippen molar-refractivity contribution in [3.8, 4) is 0 Å². The van der Waals surface area contributed by atoms with E-state index in [1.807, 2.05) is 0 Å². The highest BCUT2D eigenvalue weighted by Crippen LogP contribution is 1.99. The lowest BCUT2D eigenvalue weighted by Gasteiger charge is -2.31. The van der Waals surface area contributed by atoms with Gasteiger partial charge in [-0.25, -0.2) is 4.79 Å². The van der Waals surface area contributed by atoms with Crippen molar-refractivity contribution < 1.29 is 9.90 Å². The van der Waals surface area contributed by atoms with Crippen molar-refractivity contribution in [2.24, 2.45) is 5.10 Å². The van der Waals surface area contributed by atoms with Crippen LogP contribution in [0.4, 0.5) is 0 Å². The Bertz CT molecular complexity index is 171. The fraction of sp³-hybridized carbons (Fsp3) is 0.857. The molecule has 0 amide bonds. The highest BCUT2D eigenvalue weighted by atomic mass is 16.3. The van der Waals surface area contributed by atoms with Gasteiger partial charge >= 0.3 is 0 Å². The molecular weight excluding hydrogens is 158 g/mol. The molecule has 0 unspecified atom stereocenters. The van der Waals surface area contributed by atoms with Gasteiger partial charge in [0.25, 0.3) is 6.08 Å². The Morgan fingerprint density at radius 2 is 2.00 bits per heavy atom. The van der Waals surface area contributed by atoms with E-state index in [4.69, 9.17) is 5.11 Å². The van der Waals surface area contributed by atoms with Crippen LogP contribution in [0.15, 0.2) is 5.10 Å². The predicted octanol–water partition coefficient (Wildman–Crippen LogP) is -1.15. The molecule has 0 aromatic carbocycles. The molecule has 1 fully saturated rings. The summed E-state index contributed by atoms with van der Waals surface area (Å²) in [6, 6.07) is 0. The smallest absolute Gasteiger partial charge is 0.258 e. The van der Waals surface area contributed by atoms with Crippen LogP contribution in [0.5, 0.6) is 0 Å². The number of β-amino-alcohol motifs (C(OH)–C–C–N with tert-alkyl or cyclic N) is 1. The molecule has 0 atom stereocenters. The number of aliphatic hydroxyl groups is 1. The SMILES string of the molecule is O=C=NN1CCN(CCO)CC1. The highest BCUT2D eigenvalue weighted by molar-refractivity contribution is 5.32. The van der Waals surface area contributed by atoms with Gasteiger partial charge in [0, 0.05) is 32.7 Å². The largest absolute Gasteiger partial charge is 0.395 e. The summed E-state index contributed by atoms with van der Waals surface area (Å²) in [5.74, 6) is 0. The third-order valence-corrected chi connectivity index (χ3v) is 1.95. The standard InChI is InChI=1S/C7H13N3O2/c11-6-5-9-1-3-10(4-2-9)8-7-12/h11H,1-6H2. The van der Waals surface area contributed by atoms with Crippen LogP contribution in [0.3, 0.4) is 0 Å². The first-order chi connectivity index (χ1) is 5.86. The lowest BCUT2D eigenvalue weighted by molar-refractivity contribution is 0.115. The molecular formula is C7H13N3O2. The number of aliphatic hydroxyl groups excluding tert-OH is 1. The molecule has 1 rings (SSSR count). The van der Waals surface area contributed by atoms with Crippen LogP contribution >= 0.6 is 0 Å². The number of hydrogen-bond acceptors (Lipinski definition) is 5. The second kappa shape index (κ2) is 4.87. The van der Waals surface area contributed by atoms with Crippen molar-refractivity contribution in [3.05, 3.63) is 0 Å². The van der Waals surface area contributed by atoms with Gasteiger partial charge in [0.15, 0.2) is 0 Å². The van der Waals surface area contributed by atoms with Gasteiger partial charge in [-0.2, -0.15) is 0 Å². The molecule has 1 N–H and O–H groups in total. The number of hydrazone groups is 1. The second-order valence-electron chi connectivity index (χ2n) is 2.71. The van der Waals surface area contributed by atoms with E-state index in [1.165, 1.54) is 6.08 Å². The second-order valence-corrected chi connectivity index (χ2v) is 2.71. The number of piperazine rings is 1. The third-order valence-electron chi connectivity index (χ3n) is 1.95. The number of nitrogens with zero attached hydrogens (tertiary/aromatic N) is 3. The fourth-order valence-electron chi connectivity index (χ4n) is 1.26. The van der Waals surface area contributed by atoms with Crippen molar-refractivity contribution in [1.29, 1.82) is 0 Å². The van der Waals surface area contributed by atoms with E-state index in [9.17, 15) is 4.79 Å². The summed E-state index contributed by atoms with van der Waals surface area (Å²) in [7, 11) is 0. The first-order valence-electron chi connectivity index (χ1n) is 4.03. The zero-order valence-corrected chi connectivity index (χ0v) is 6.94. The van der Waals surface area contributed by atoms with E-state index in [-0.39, 0.29) is 6.61 Å². The summed E-state index contributed by atoms with van der Waals surface area (Å²) in [5.41, 5.74) is 0. The van der Waals surface area contributed by atoms with E-state index in [0.29, 0.717) is 6.54 Å². The van der Waals surface area contributed by atoms with Crippen LogP contribution in [0.25, 0.3) is 0 Å². The Labute approximate surface area is 71.3 Å². The zero-order chi connectivity index (χ0) is 8.81. The molecule has 0 aromatic rings. The highest BCUT2D eigenvalue weighted by Gasteiger charge is 2.14. The summed E-state index contributed by atoms with van der Waals surface area (Å²) in [4.78, 5) is 12.0. The number of hydrogen-bond donors (Lipinski definition) is 1. The van der Waals surface area contributed by atoms with Gasteiger partial charge in [0.2, 0.25) is 0 Å². The Balaban J connectivity index is 2.24. The van der Waals surface area contributed by atoms with Gasteiger partial charge in [-0.3, -0.25) is 9.91 Å². The molecule has 68 valence electrons. The van der Waals surface area contributed by atoms with Gasteiger partial charge in [0.05, 0.1) is 6.61 Å². The monoisotopic (exact) mass is 171 g/mol. The summed E-state index contributed by atoms with van der Waals surface area (Å²) >= 11 is 0. The van der Waals surface area contributed by atoms with Crippen LogP contribution in [-0.2, 0) is 4.79 Å². The molecule has 12 heavy (non-hydrogen) atoms. The number of carbonyl (C=O) groups excluding carboxylic acids is 1. The quantitative estimate of drug-likeness (QED) is 0.430. The van der Waals surface area contributed by atoms with Crippen molar-refractivity contribution in [3.63, 3.8) is 0 Å². The minimum absolute atomic E-state index is 0.191. The van der Waals surface area contributed by atoms with Crippen LogP contribution in [0.1, 0.15) is 0 Å². The Kier molecular flexibility index (Phi) is 3.73. The van der Waals surface area contributed by atoms with Crippen LogP contribution in [0, 0.1) is 0 Å². The average molecular weight is 171 g/mol. The van der Waals surface area contributed by atoms with Gasteiger partial charge in [-0.15, -0.1) is 0 Å². The first kappa shape index (κ1) is 9.19. The summed E-state index contributed by atoms with van der Waals surface area (Å²) in [6.07, 6.45) is 1.52. The molecule has 0 aromatic heterocycles. The van der Waals surface area contributed by atoms with E-state index >= 15 is 0 Å². The van der Waals surface area contributed by atoms with Crippen LogP contribution in [0.2, 0.25) is 0 Å². The third kappa shape index (κ3) is 2.62. The molecule has 0 bridgehead atoms. The van der Waals surface area contributed by atoms with Crippen molar-refractivity contribution >= 4 is 6.08 Å². The molecule has 0 radical (unpaired) electrons. The minimum atomic E-state index is 0.191. The van der Waals surface area contributed by atoms with Crippen molar-refractivity contribution in [1.82, 2.24) is 9.91 Å². The molecule has 0 spiro atoms. The molecule has 0 aliphatic carbocycles. The minimum Gasteiger partial charge on any atom is -0.395 e. The maximum Gasteiger partial charge on any atom is 0.258 e. The summed E-state index contributed by atoms with van der Waals surface area (Å²) < 4.78 is 0. The topological polar surface area (TPSA) is 56.1 Å². The van der Waals surface area contributed by atoms with Gasteiger partial charge in [-0.05, 0) is 0 Å². The molecule has 1 heterocycles. The zero-order valence-electron chi connectivity index (χ0n) is 6.94. The normalized spacial score (nSPS) is 18.9. The molecule has 1 aliphatic heterocycles. The van der Waals surface area contributed by atoms with Gasteiger partial charge < -0.3 is 5.11 Å². The number of rotatable bonds is 3. The maximum absolute atomic E-state index is 9.89. The van der Waals surface area contributed by atoms with E-state index in [2.05, 4.69) is 10.0 Å². The van der Waals surface area contributed by atoms with Crippen LogP contribution < -0.4 is 0 Å². The lowest BCUT2D eigenvalue weighted by Crippen LogP contribution is -2.44. The lowest BCUT2D eigenvalue weighted by atomic mass is 10.3. The number of isocyanates is 1. The predicted molar refractivity (Wildman–Crippen MR) is 43.2 cm³/mol. The Morgan fingerprint density at radius 3 is 2.50 bits per heavy atom. The fourth-order valence-corrected chi connectivity index (χ4v) is 1.26. The van der Waals surface area contributed by atoms with Crippen molar-refractivity contribution in [2.45, 2.75) is 0 Å². The van der Waals surface area contributed by atoms with E-state index < -0.39 is 0 Å². The Morgan fingerprint density at radius 1 is 1.33 bits per heavy atom. The van der Waals surface area contributed by atoms with E-state index in [1.54, 1.807) is 5.01 Å². The van der Waals surface area contributed by atoms with Gasteiger partial charge in [0.1, 0.15) is 0 Å². The molecule has 0 saturated carbocycles. The van der Waals surface area contributed by atoms with E-state index in [0.717, 1.165) is 26.2 Å². The molecule has 1 aliphatic rings. The molecule has 1 saturated heterocycles. The molecule has 5 heteroatoms. The summed E-state index contributed by atoms with van der Waals surface area (Å²) in [6.45, 7) is 4.09. The molecule has 5 nitrogen and oxygen atoms in total. The summed E-state index contributed by atoms with van der Waals surface area (Å²) in [5, 5.41) is 13.9. The van der Waals surface area contributed by atoms with Gasteiger partial charge in [-0.1, -0.05) is 5.10 Å². The maximum atomic E-state index is 9.89. The van der Waals surface area contributed by atoms with Crippen LogP contribution in [-0.4, -0.2) is 60.4 Å². The first-order valence-corrected chi connectivity index (χ1v) is 4.03. The van der Waals surface area contributed by atoms with Crippen molar-refractivity contribution in [2.75, 3.05) is 39.3 Å². The Hall–Kier alpha value is -0.900. The average Bonchev–Trinajstić information content (AvgIpc) is 2.09.